The zero-order valence-electron chi connectivity index (χ0n) is 12.9. The lowest BCUT2D eigenvalue weighted by Gasteiger charge is -2.15. The summed E-state index contributed by atoms with van der Waals surface area (Å²) in [6.07, 6.45) is -3.52. The van der Waals surface area contributed by atoms with Crippen LogP contribution in [0, 0.1) is 13.8 Å². The number of rotatable bonds is 4. The van der Waals surface area contributed by atoms with E-state index in [1.54, 1.807) is 13.8 Å². The minimum atomic E-state index is -4.19. The zero-order valence-corrected chi connectivity index (χ0v) is 13.7. The number of nitrogens with zero attached hydrogens (tertiary/aromatic N) is 4. The summed E-state index contributed by atoms with van der Waals surface area (Å²) in [4.78, 5) is 8.24. The van der Waals surface area contributed by atoms with Gasteiger partial charge in [-0.2, -0.15) is 13.5 Å². The number of aliphatic hydroxyl groups is 2. The van der Waals surface area contributed by atoms with Crippen molar-refractivity contribution < 1.29 is 27.6 Å². The second-order valence-electron chi connectivity index (χ2n) is 5.51. The van der Waals surface area contributed by atoms with Crippen molar-refractivity contribution in [2.24, 2.45) is 5.14 Å². The van der Waals surface area contributed by atoms with Crippen LogP contribution >= 0.6 is 0 Å². The van der Waals surface area contributed by atoms with Crippen molar-refractivity contribution in [2.45, 2.75) is 38.4 Å². The first-order valence-corrected chi connectivity index (χ1v) is 8.51. The van der Waals surface area contributed by atoms with Gasteiger partial charge in [0, 0.05) is 0 Å². The van der Waals surface area contributed by atoms with Crippen molar-refractivity contribution in [1.82, 2.24) is 19.7 Å². The Morgan fingerprint density at radius 1 is 1.29 bits per heavy atom. The van der Waals surface area contributed by atoms with Gasteiger partial charge in [0.1, 0.15) is 24.6 Å². The van der Waals surface area contributed by atoms with Crippen LogP contribution in [0.15, 0.2) is 6.33 Å². The minimum Gasteiger partial charge on any atom is -0.387 e. The van der Waals surface area contributed by atoms with Gasteiger partial charge in [0.15, 0.2) is 11.9 Å². The third-order valence-corrected chi connectivity index (χ3v) is 4.29. The number of fused-ring (bicyclic) bond motifs is 1. The van der Waals surface area contributed by atoms with Gasteiger partial charge in [-0.3, -0.25) is 4.18 Å². The summed E-state index contributed by atoms with van der Waals surface area (Å²) in [5, 5.41) is 30.0. The Balaban J connectivity index is 1.92. The van der Waals surface area contributed by atoms with E-state index in [1.807, 2.05) is 0 Å². The smallest absolute Gasteiger partial charge is 0.333 e. The SMILES string of the molecule is Cc1ncnc2c1c(C)nn2[C@@H]1O[C@H](COS(N)(=O)=O)[C@@H](O)[C@H]1O. The first-order valence-electron chi connectivity index (χ1n) is 7.04. The molecule has 3 rings (SSSR count). The molecule has 1 fully saturated rings. The maximum Gasteiger partial charge on any atom is 0.333 e. The second-order valence-corrected chi connectivity index (χ2v) is 6.73. The molecule has 0 saturated carbocycles. The molecular formula is C12H17N5O6S. The summed E-state index contributed by atoms with van der Waals surface area (Å²) in [7, 11) is -4.19. The van der Waals surface area contributed by atoms with E-state index in [0.717, 1.165) is 0 Å². The average molecular weight is 359 g/mol. The maximum absolute atomic E-state index is 10.9. The quantitative estimate of drug-likeness (QED) is 0.576. The van der Waals surface area contributed by atoms with Gasteiger partial charge in [0.25, 0.3) is 0 Å². The minimum absolute atomic E-state index is 0.435. The molecule has 4 atom stereocenters. The van der Waals surface area contributed by atoms with Crippen LogP contribution in [0.5, 0.6) is 0 Å². The van der Waals surface area contributed by atoms with Gasteiger partial charge in [-0.25, -0.2) is 19.8 Å². The van der Waals surface area contributed by atoms with Gasteiger partial charge in [-0.15, -0.1) is 0 Å². The number of aryl methyl sites for hydroxylation is 2. The molecule has 1 saturated heterocycles. The summed E-state index contributed by atoms with van der Waals surface area (Å²) in [6.45, 7) is 3.03. The fourth-order valence-electron chi connectivity index (χ4n) is 2.73. The first-order chi connectivity index (χ1) is 11.2. The number of aromatic nitrogens is 4. The second kappa shape index (κ2) is 5.98. The van der Waals surface area contributed by atoms with E-state index in [2.05, 4.69) is 19.2 Å². The van der Waals surface area contributed by atoms with Crippen LogP contribution in [0.1, 0.15) is 17.6 Å². The molecule has 0 spiro atoms. The molecule has 0 amide bonds. The average Bonchev–Trinajstić information content (AvgIpc) is 2.96. The van der Waals surface area contributed by atoms with Crippen LogP contribution in [0.2, 0.25) is 0 Å². The van der Waals surface area contributed by atoms with E-state index in [4.69, 9.17) is 9.88 Å². The van der Waals surface area contributed by atoms with E-state index < -0.39 is 41.5 Å². The van der Waals surface area contributed by atoms with E-state index in [-0.39, 0.29) is 0 Å². The molecule has 11 nitrogen and oxygen atoms in total. The Kier molecular flexibility index (Phi) is 4.27. The molecule has 0 aromatic carbocycles. The third kappa shape index (κ3) is 2.99. The molecule has 1 aliphatic heterocycles. The molecule has 3 heterocycles. The number of hydrogen-bond acceptors (Lipinski definition) is 9. The molecule has 0 aliphatic carbocycles. The van der Waals surface area contributed by atoms with Gasteiger partial charge in [-0.1, -0.05) is 0 Å². The predicted molar refractivity (Wildman–Crippen MR) is 79.8 cm³/mol. The predicted octanol–water partition coefficient (Wildman–Crippen LogP) is -1.72. The Hall–Kier alpha value is -1.70. The van der Waals surface area contributed by atoms with Crippen molar-refractivity contribution in [3.63, 3.8) is 0 Å². The molecule has 2 aromatic rings. The highest BCUT2D eigenvalue weighted by molar-refractivity contribution is 7.84. The number of nitrogens with two attached hydrogens (primary N) is 1. The Morgan fingerprint density at radius 2 is 2.00 bits per heavy atom. The highest BCUT2D eigenvalue weighted by Crippen LogP contribution is 2.32. The standard InChI is InChI=1S/C12H17N5O6S/c1-5-8-6(2)16-17(11(8)15-4-14-5)12-10(19)9(18)7(23-12)3-22-24(13,20)21/h4,7,9-10,12,18-19H,3H2,1-2H3,(H2,13,20,21)/t7-,9-,10-,12-/m1/s1. The normalized spacial score (nSPS) is 27.9. The van der Waals surface area contributed by atoms with Crippen molar-refractivity contribution >= 4 is 21.3 Å². The molecule has 1 aliphatic rings. The molecule has 4 N–H and O–H groups in total. The lowest BCUT2D eigenvalue weighted by atomic mass is 10.1. The van der Waals surface area contributed by atoms with Crippen LogP contribution in [0.25, 0.3) is 11.0 Å². The van der Waals surface area contributed by atoms with Crippen LogP contribution in [0.4, 0.5) is 0 Å². The summed E-state index contributed by atoms with van der Waals surface area (Å²) in [6, 6.07) is 0. The lowest BCUT2D eigenvalue weighted by Crippen LogP contribution is -2.35. The fourth-order valence-corrected chi connectivity index (χ4v) is 3.05. The van der Waals surface area contributed by atoms with Gasteiger partial charge in [-0.05, 0) is 13.8 Å². The first kappa shape index (κ1) is 17.1. The summed E-state index contributed by atoms with van der Waals surface area (Å²) < 4.78 is 33.0. The molecule has 2 aromatic heterocycles. The highest BCUT2D eigenvalue weighted by atomic mass is 32.2. The molecule has 24 heavy (non-hydrogen) atoms. The summed E-state index contributed by atoms with van der Waals surface area (Å²) in [5.74, 6) is 0. The zero-order chi connectivity index (χ0) is 17.6. The van der Waals surface area contributed by atoms with Gasteiger partial charge < -0.3 is 14.9 Å². The van der Waals surface area contributed by atoms with E-state index in [9.17, 15) is 18.6 Å². The topological polar surface area (TPSA) is 163 Å². The number of ether oxygens (including phenoxy) is 1. The fraction of sp³-hybridized carbons (Fsp3) is 0.583. The van der Waals surface area contributed by atoms with Gasteiger partial charge in [0.05, 0.1) is 23.4 Å². The Morgan fingerprint density at radius 3 is 2.67 bits per heavy atom. The maximum atomic E-state index is 10.9. The Labute approximate surface area is 137 Å². The van der Waals surface area contributed by atoms with Gasteiger partial charge in [0.2, 0.25) is 0 Å². The molecule has 0 radical (unpaired) electrons. The van der Waals surface area contributed by atoms with Crippen molar-refractivity contribution in [2.75, 3.05) is 6.61 Å². The molecule has 132 valence electrons. The highest BCUT2D eigenvalue weighted by Gasteiger charge is 2.45. The number of hydrogen-bond donors (Lipinski definition) is 3. The van der Waals surface area contributed by atoms with Gasteiger partial charge >= 0.3 is 10.3 Å². The molecule has 12 heteroatoms. The van der Waals surface area contributed by atoms with Crippen molar-refractivity contribution in [1.29, 1.82) is 0 Å². The van der Waals surface area contributed by atoms with Crippen LogP contribution in [0.3, 0.4) is 0 Å². The third-order valence-electron chi connectivity index (χ3n) is 3.83. The van der Waals surface area contributed by atoms with Crippen LogP contribution in [-0.2, 0) is 19.2 Å². The summed E-state index contributed by atoms with van der Waals surface area (Å²) >= 11 is 0. The molecule has 0 unspecified atom stereocenters. The van der Waals surface area contributed by atoms with Crippen LogP contribution < -0.4 is 5.14 Å². The Bertz CT molecular complexity index is 868. The van der Waals surface area contributed by atoms with Crippen molar-refractivity contribution in [3.05, 3.63) is 17.7 Å². The van der Waals surface area contributed by atoms with Crippen LogP contribution in [-0.4, -0.2) is 63.3 Å². The summed E-state index contributed by atoms with van der Waals surface area (Å²) in [5.41, 5.74) is 1.78. The monoisotopic (exact) mass is 359 g/mol. The molecular weight excluding hydrogens is 342 g/mol. The van der Waals surface area contributed by atoms with E-state index in [0.29, 0.717) is 22.4 Å². The van der Waals surface area contributed by atoms with E-state index >= 15 is 0 Å². The molecule has 0 bridgehead atoms. The lowest BCUT2D eigenvalue weighted by molar-refractivity contribution is -0.0527. The largest absolute Gasteiger partial charge is 0.387 e. The van der Waals surface area contributed by atoms with E-state index in [1.165, 1.54) is 11.0 Å². The number of aliphatic hydroxyl groups excluding tert-OH is 2. The van der Waals surface area contributed by atoms with Crippen molar-refractivity contribution in [3.8, 4) is 0 Å².